The normalized spacial score (nSPS) is 26.7. The van der Waals surface area contributed by atoms with E-state index in [0.29, 0.717) is 6.04 Å². The van der Waals surface area contributed by atoms with Crippen LogP contribution in [0.3, 0.4) is 0 Å². The van der Waals surface area contributed by atoms with E-state index < -0.39 is 0 Å². The number of nitrogens with one attached hydrogen (secondary N) is 1. The second-order valence-electron chi connectivity index (χ2n) is 6.75. The average molecular weight is 358 g/mol. The van der Waals surface area contributed by atoms with Crippen molar-refractivity contribution in [1.82, 2.24) is 10.2 Å². The van der Waals surface area contributed by atoms with Crippen LogP contribution in [0, 0.1) is 5.92 Å². The monoisotopic (exact) mass is 356 g/mol. The van der Waals surface area contributed by atoms with Gasteiger partial charge in [-0.2, -0.15) is 0 Å². The Labute approximate surface area is 135 Å². The fourth-order valence-corrected chi connectivity index (χ4v) is 3.72. The number of halogens is 2. The van der Waals surface area contributed by atoms with E-state index in [2.05, 4.69) is 52.1 Å². The summed E-state index contributed by atoms with van der Waals surface area (Å²) in [6.45, 7) is 7.75. The van der Waals surface area contributed by atoms with Crippen molar-refractivity contribution < 1.29 is 0 Å². The van der Waals surface area contributed by atoms with Crippen LogP contribution in [0.4, 0.5) is 0 Å². The molecule has 1 aliphatic carbocycles. The molecule has 0 spiro atoms. The van der Waals surface area contributed by atoms with Crippen LogP contribution in [-0.2, 0) is 6.54 Å². The van der Waals surface area contributed by atoms with Crippen LogP contribution >= 0.6 is 27.5 Å². The van der Waals surface area contributed by atoms with Crippen LogP contribution < -0.4 is 5.32 Å². The SMILES string of the molecule is CC1(C)CNC(C2CC2)CN1Cc1ccc(Br)cc1Cl. The minimum absolute atomic E-state index is 0.182. The first-order valence-corrected chi connectivity index (χ1v) is 8.55. The summed E-state index contributed by atoms with van der Waals surface area (Å²) in [7, 11) is 0. The average Bonchev–Trinajstić information content (AvgIpc) is 3.19. The summed E-state index contributed by atoms with van der Waals surface area (Å²) < 4.78 is 1.04. The van der Waals surface area contributed by atoms with Gasteiger partial charge < -0.3 is 5.32 Å². The van der Waals surface area contributed by atoms with Crippen LogP contribution in [0.2, 0.25) is 5.02 Å². The molecular weight excluding hydrogens is 336 g/mol. The van der Waals surface area contributed by atoms with Crippen LogP contribution in [0.15, 0.2) is 22.7 Å². The lowest BCUT2D eigenvalue weighted by molar-refractivity contribution is 0.0534. The molecule has 1 saturated carbocycles. The molecule has 1 heterocycles. The molecule has 4 heteroatoms. The fraction of sp³-hybridized carbons (Fsp3) is 0.625. The highest BCUT2D eigenvalue weighted by molar-refractivity contribution is 9.10. The molecule has 2 aliphatic rings. The predicted molar refractivity (Wildman–Crippen MR) is 88.2 cm³/mol. The van der Waals surface area contributed by atoms with Gasteiger partial charge in [-0.3, -0.25) is 4.90 Å². The van der Waals surface area contributed by atoms with Crippen molar-refractivity contribution in [1.29, 1.82) is 0 Å². The zero-order chi connectivity index (χ0) is 14.3. The Balaban J connectivity index is 1.75. The van der Waals surface area contributed by atoms with E-state index in [-0.39, 0.29) is 5.54 Å². The maximum atomic E-state index is 6.38. The Kier molecular flexibility index (Phi) is 4.15. The molecule has 2 fully saturated rings. The summed E-state index contributed by atoms with van der Waals surface area (Å²) in [6.07, 6.45) is 2.79. The van der Waals surface area contributed by atoms with Gasteiger partial charge in [0.05, 0.1) is 0 Å². The van der Waals surface area contributed by atoms with Crippen LogP contribution in [0.1, 0.15) is 32.3 Å². The first-order chi connectivity index (χ1) is 9.45. The van der Waals surface area contributed by atoms with Gasteiger partial charge in [-0.25, -0.2) is 0 Å². The number of rotatable bonds is 3. The van der Waals surface area contributed by atoms with E-state index in [0.717, 1.165) is 35.0 Å². The maximum absolute atomic E-state index is 6.38. The van der Waals surface area contributed by atoms with Crippen molar-refractivity contribution in [3.05, 3.63) is 33.3 Å². The molecule has 110 valence electrons. The van der Waals surface area contributed by atoms with E-state index in [1.165, 1.54) is 18.4 Å². The zero-order valence-electron chi connectivity index (χ0n) is 12.1. The summed E-state index contributed by atoms with van der Waals surface area (Å²) in [5, 5.41) is 4.59. The van der Waals surface area contributed by atoms with E-state index in [1.807, 2.05) is 6.07 Å². The maximum Gasteiger partial charge on any atom is 0.0462 e. The molecule has 1 aliphatic heterocycles. The highest BCUT2D eigenvalue weighted by Crippen LogP contribution is 2.36. The standard InChI is InChI=1S/C16H22BrClN2/c1-16(2)10-19-15(11-3-4-11)9-20(16)8-12-5-6-13(17)7-14(12)18/h5-7,11,15,19H,3-4,8-10H2,1-2H3. The van der Waals surface area contributed by atoms with Crippen molar-refractivity contribution in [2.24, 2.45) is 5.92 Å². The number of benzene rings is 1. The molecule has 1 N–H and O–H groups in total. The van der Waals surface area contributed by atoms with Gasteiger partial charge in [0, 0.05) is 40.7 Å². The number of piperazine rings is 1. The molecule has 1 unspecified atom stereocenters. The number of hydrogen-bond acceptors (Lipinski definition) is 2. The lowest BCUT2D eigenvalue weighted by Gasteiger charge is -2.46. The Morgan fingerprint density at radius 2 is 2.15 bits per heavy atom. The highest BCUT2D eigenvalue weighted by atomic mass is 79.9. The minimum atomic E-state index is 0.182. The zero-order valence-corrected chi connectivity index (χ0v) is 14.5. The molecule has 0 amide bonds. The third kappa shape index (κ3) is 3.22. The molecule has 1 saturated heterocycles. The van der Waals surface area contributed by atoms with E-state index in [9.17, 15) is 0 Å². The van der Waals surface area contributed by atoms with Gasteiger partial charge >= 0.3 is 0 Å². The van der Waals surface area contributed by atoms with Crippen molar-refractivity contribution in [2.75, 3.05) is 13.1 Å². The molecular formula is C16H22BrClN2. The fourth-order valence-electron chi connectivity index (χ4n) is 2.99. The Morgan fingerprint density at radius 3 is 2.80 bits per heavy atom. The van der Waals surface area contributed by atoms with Crippen LogP contribution in [0.5, 0.6) is 0 Å². The van der Waals surface area contributed by atoms with Gasteiger partial charge in [0.25, 0.3) is 0 Å². The van der Waals surface area contributed by atoms with Crippen molar-refractivity contribution in [3.63, 3.8) is 0 Å². The Morgan fingerprint density at radius 1 is 1.40 bits per heavy atom. The lowest BCUT2D eigenvalue weighted by Crippen LogP contribution is -2.62. The number of hydrogen-bond donors (Lipinski definition) is 1. The van der Waals surface area contributed by atoms with Crippen LogP contribution in [-0.4, -0.2) is 29.6 Å². The van der Waals surface area contributed by atoms with Crippen molar-refractivity contribution in [3.8, 4) is 0 Å². The van der Waals surface area contributed by atoms with Gasteiger partial charge in [-0.05, 0) is 50.3 Å². The first-order valence-electron chi connectivity index (χ1n) is 7.38. The largest absolute Gasteiger partial charge is 0.311 e. The van der Waals surface area contributed by atoms with Gasteiger partial charge in [0.2, 0.25) is 0 Å². The van der Waals surface area contributed by atoms with Gasteiger partial charge in [-0.1, -0.05) is 33.6 Å². The summed E-state index contributed by atoms with van der Waals surface area (Å²) >= 11 is 9.85. The van der Waals surface area contributed by atoms with E-state index in [1.54, 1.807) is 0 Å². The van der Waals surface area contributed by atoms with Crippen molar-refractivity contribution >= 4 is 27.5 Å². The Hall–Kier alpha value is -0.0900. The van der Waals surface area contributed by atoms with Gasteiger partial charge in [0.1, 0.15) is 0 Å². The quantitative estimate of drug-likeness (QED) is 0.877. The molecule has 1 aromatic carbocycles. The third-order valence-electron chi connectivity index (χ3n) is 4.64. The minimum Gasteiger partial charge on any atom is -0.311 e. The molecule has 20 heavy (non-hydrogen) atoms. The Bertz CT molecular complexity index is 499. The summed E-state index contributed by atoms with van der Waals surface area (Å²) in [5.74, 6) is 0.897. The molecule has 0 radical (unpaired) electrons. The van der Waals surface area contributed by atoms with E-state index in [4.69, 9.17) is 11.6 Å². The lowest BCUT2D eigenvalue weighted by atomic mass is 9.95. The van der Waals surface area contributed by atoms with Gasteiger partial charge in [-0.15, -0.1) is 0 Å². The highest BCUT2D eigenvalue weighted by Gasteiger charge is 2.40. The molecule has 3 rings (SSSR count). The predicted octanol–water partition coefficient (Wildman–Crippen LogP) is 4.06. The summed E-state index contributed by atoms with van der Waals surface area (Å²) in [6, 6.07) is 6.87. The third-order valence-corrected chi connectivity index (χ3v) is 5.48. The smallest absolute Gasteiger partial charge is 0.0462 e. The molecule has 0 aromatic heterocycles. The second-order valence-corrected chi connectivity index (χ2v) is 8.08. The second kappa shape index (κ2) is 5.60. The summed E-state index contributed by atoms with van der Waals surface area (Å²) in [5.41, 5.74) is 1.40. The van der Waals surface area contributed by atoms with Crippen LogP contribution in [0.25, 0.3) is 0 Å². The topological polar surface area (TPSA) is 15.3 Å². The number of nitrogens with zero attached hydrogens (tertiary/aromatic N) is 1. The molecule has 2 nitrogen and oxygen atoms in total. The molecule has 1 aromatic rings. The first kappa shape index (κ1) is 14.8. The van der Waals surface area contributed by atoms with Gasteiger partial charge in [0.15, 0.2) is 0 Å². The molecule has 1 atom stereocenters. The van der Waals surface area contributed by atoms with E-state index >= 15 is 0 Å². The van der Waals surface area contributed by atoms with Crippen molar-refractivity contribution in [2.45, 2.75) is 44.8 Å². The molecule has 0 bridgehead atoms. The summed E-state index contributed by atoms with van der Waals surface area (Å²) in [4.78, 5) is 2.58.